The van der Waals surface area contributed by atoms with Crippen molar-refractivity contribution >= 4 is 62.7 Å². The quantitative estimate of drug-likeness (QED) is 0.323. The monoisotopic (exact) mass is 609 g/mol. The topological polar surface area (TPSA) is 81.2 Å². The Kier molecular flexibility index (Phi) is 8.48. The highest BCUT2D eigenvalue weighted by molar-refractivity contribution is 9.09. The highest BCUT2D eigenvalue weighted by atomic mass is 79.9. The molecule has 2 bridgehead atoms. The van der Waals surface area contributed by atoms with Crippen LogP contribution in [0.15, 0.2) is 49.6 Å². The van der Waals surface area contributed by atoms with Gasteiger partial charge in [-0.3, -0.25) is 14.4 Å². The van der Waals surface area contributed by atoms with E-state index in [2.05, 4.69) is 29.1 Å². The maximum atomic E-state index is 14.5. The number of alkyl halides is 1. The fraction of sp³-hybridized carbons (Fsp3) is 0.519. The van der Waals surface area contributed by atoms with Crippen LogP contribution in [-0.2, 0) is 14.4 Å². The van der Waals surface area contributed by atoms with Gasteiger partial charge in [-0.1, -0.05) is 46.6 Å². The molecule has 0 aliphatic carbocycles. The van der Waals surface area contributed by atoms with E-state index >= 15 is 0 Å². The summed E-state index contributed by atoms with van der Waals surface area (Å²) in [6.45, 7) is 9.82. The van der Waals surface area contributed by atoms with Crippen LogP contribution in [0.4, 0.5) is 5.69 Å². The first-order chi connectivity index (χ1) is 17.7. The van der Waals surface area contributed by atoms with Crippen molar-refractivity contribution in [3.05, 3.63) is 54.6 Å². The van der Waals surface area contributed by atoms with Crippen molar-refractivity contribution in [1.29, 1.82) is 0 Å². The Bertz CT molecular complexity index is 1080. The normalized spacial score (nSPS) is 30.7. The summed E-state index contributed by atoms with van der Waals surface area (Å²) in [6, 6.07) is 5.60. The lowest BCUT2D eigenvalue weighted by Crippen LogP contribution is -2.58. The minimum Gasteiger partial charge on any atom is -0.394 e. The number of hydrogen-bond acceptors (Lipinski definition) is 5. The van der Waals surface area contributed by atoms with Crippen molar-refractivity contribution < 1.29 is 19.5 Å². The van der Waals surface area contributed by atoms with Gasteiger partial charge in [0.2, 0.25) is 11.8 Å². The standard InChI is InChI=1S/C27H33BrClN3O4S/c1-5-12-30(4)24(34)20-21-25(35)32(17(7-3)15-33)23(27(21)14-19(28)22(20)37-27)26(36)31(13-6-2)18-10-8-16(29)9-11-18/h5-6,8-11,17,19-23,33H,1-2,7,12-15H2,3-4H3/t17-,19?,20+,21-,22+,23?,27?/m0/s1. The van der Waals surface area contributed by atoms with Crippen LogP contribution in [0, 0.1) is 11.8 Å². The minimum atomic E-state index is -0.838. The van der Waals surface area contributed by atoms with Gasteiger partial charge in [0.05, 0.1) is 29.2 Å². The van der Waals surface area contributed by atoms with E-state index in [4.69, 9.17) is 11.6 Å². The molecule has 10 heteroatoms. The van der Waals surface area contributed by atoms with Crippen LogP contribution in [0.1, 0.15) is 19.8 Å². The molecule has 1 aromatic carbocycles. The number of benzene rings is 1. The number of likely N-dealkylation sites (tertiary alicyclic amines) is 1. The van der Waals surface area contributed by atoms with Gasteiger partial charge in [0.1, 0.15) is 6.04 Å². The van der Waals surface area contributed by atoms with Gasteiger partial charge >= 0.3 is 0 Å². The zero-order valence-corrected chi connectivity index (χ0v) is 24.2. The van der Waals surface area contributed by atoms with E-state index in [1.165, 1.54) is 0 Å². The van der Waals surface area contributed by atoms with E-state index in [0.29, 0.717) is 30.1 Å². The third-order valence-electron chi connectivity index (χ3n) is 7.82. The summed E-state index contributed by atoms with van der Waals surface area (Å²) < 4.78 is -0.795. The number of likely N-dealkylation sites (N-methyl/N-ethyl adjacent to an activating group) is 1. The molecule has 0 saturated carbocycles. The van der Waals surface area contributed by atoms with Crippen LogP contribution in [0.3, 0.4) is 0 Å². The van der Waals surface area contributed by atoms with Crippen molar-refractivity contribution in [2.45, 2.75) is 46.7 Å². The van der Waals surface area contributed by atoms with Gasteiger partial charge in [-0.05, 0) is 37.1 Å². The molecule has 7 atom stereocenters. The SMILES string of the molecule is C=CCN(C)C(=O)[C@H]1[C@@H]2SC3(CC2Br)C(C(=O)N(CC=C)c2ccc(Cl)cc2)N([C@@H](CC)CO)C(=O)[C@H]13. The third kappa shape index (κ3) is 4.56. The number of halogens is 2. The Labute approximate surface area is 236 Å². The second-order valence-corrected chi connectivity index (χ2v) is 13.0. The molecule has 1 spiro atoms. The van der Waals surface area contributed by atoms with Crippen molar-refractivity contribution in [3.63, 3.8) is 0 Å². The minimum absolute atomic E-state index is 0.0273. The Morgan fingerprint density at radius 3 is 2.49 bits per heavy atom. The van der Waals surface area contributed by atoms with E-state index < -0.39 is 28.7 Å². The average Bonchev–Trinajstić information content (AvgIpc) is 3.47. The van der Waals surface area contributed by atoms with Crippen LogP contribution >= 0.6 is 39.3 Å². The fourth-order valence-corrected chi connectivity index (χ4v) is 9.91. The van der Waals surface area contributed by atoms with Gasteiger partial charge in [-0.2, -0.15) is 0 Å². The first-order valence-electron chi connectivity index (χ1n) is 12.4. The van der Waals surface area contributed by atoms with Gasteiger partial charge in [-0.15, -0.1) is 24.9 Å². The number of carbonyl (C=O) groups is 3. The van der Waals surface area contributed by atoms with Crippen molar-refractivity contribution in [2.24, 2.45) is 11.8 Å². The average molecular weight is 611 g/mol. The number of hydrogen-bond donors (Lipinski definition) is 1. The molecule has 4 rings (SSSR count). The predicted molar refractivity (Wildman–Crippen MR) is 152 cm³/mol. The van der Waals surface area contributed by atoms with Gasteiger partial charge in [0, 0.05) is 40.9 Å². The van der Waals surface area contributed by atoms with Crippen molar-refractivity contribution in [1.82, 2.24) is 9.80 Å². The number of aliphatic hydroxyl groups is 1. The molecule has 3 amide bonds. The number of aliphatic hydroxyl groups excluding tert-OH is 1. The smallest absolute Gasteiger partial charge is 0.251 e. The lowest BCUT2D eigenvalue weighted by atomic mass is 9.70. The molecule has 3 fully saturated rings. The summed E-state index contributed by atoms with van der Waals surface area (Å²) in [7, 11) is 1.71. The van der Waals surface area contributed by atoms with Gasteiger partial charge in [0.25, 0.3) is 5.91 Å². The Morgan fingerprint density at radius 2 is 1.92 bits per heavy atom. The van der Waals surface area contributed by atoms with Gasteiger partial charge in [-0.25, -0.2) is 0 Å². The zero-order valence-electron chi connectivity index (χ0n) is 21.1. The van der Waals surface area contributed by atoms with E-state index in [1.54, 1.807) is 69.9 Å². The molecule has 7 nitrogen and oxygen atoms in total. The molecular formula is C27H33BrClN3O4S. The summed E-state index contributed by atoms with van der Waals surface area (Å²) >= 11 is 11.5. The summed E-state index contributed by atoms with van der Waals surface area (Å²) in [6.07, 6.45) is 4.37. The van der Waals surface area contributed by atoms with Crippen LogP contribution in [0.25, 0.3) is 0 Å². The molecule has 1 N–H and O–H groups in total. The van der Waals surface area contributed by atoms with Gasteiger partial charge < -0.3 is 19.8 Å². The molecule has 3 aliphatic heterocycles. The maximum absolute atomic E-state index is 14.5. The lowest BCUT2D eigenvalue weighted by molar-refractivity contribution is -0.144. The first kappa shape index (κ1) is 28.2. The molecule has 3 aliphatic rings. The number of fused-ring (bicyclic) bond motifs is 1. The Hall–Kier alpha value is -1.81. The summed E-state index contributed by atoms with van der Waals surface area (Å²) in [5.41, 5.74) is 0.643. The number of anilines is 1. The first-order valence-corrected chi connectivity index (χ1v) is 14.6. The van der Waals surface area contributed by atoms with Crippen LogP contribution < -0.4 is 4.90 Å². The molecule has 1 aromatic rings. The molecule has 3 heterocycles. The molecular weight excluding hydrogens is 578 g/mol. The van der Waals surface area contributed by atoms with E-state index in [9.17, 15) is 19.5 Å². The lowest BCUT2D eigenvalue weighted by Gasteiger charge is -2.39. The van der Waals surface area contributed by atoms with Crippen LogP contribution in [0.5, 0.6) is 0 Å². The van der Waals surface area contributed by atoms with Crippen molar-refractivity contribution in [3.8, 4) is 0 Å². The molecule has 0 radical (unpaired) electrons. The molecule has 3 unspecified atom stereocenters. The number of thioether (sulfide) groups is 1. The summed E-state index contributed by atoms with van der Waals surface area (Å²) in [5, 5.41) is 10.7. The molecule has 0 aromatic heterocycles. The summed E-state index contributed by atoms with van der Waals surface area (Å²) in [5.74, 6) is -1.81. The highest BCUT2D eigenvalue weighted by Crippen LogP contribution is 2.68. The summed E-state index contributed by atoms with van der Waals surface area (Å²) in [4.78, 5) is 47.1. The largest absolute Gasteiger partial charge is 0.394 e. The number of amides is 3. The number of nitrogens with zero attached hydrogens (tertiary/aromatic N) is 3. The second kappa shape index (κ2) is 11.1. The zero-order chi connectivity index (χ0) is 27.1. The maximum Gasteiger partial charge on any atom is 0.251 e. The van der Waals surface area contributed by atoms with E-state index in [0.717, 1.165) is 0 Å². The van der Waals surface area contributed by atoms with Crippen LogP contribution in [-0.4, -0.2) is 86.3 Å². The highest BCUT2D eigenvalue weighted by Gasteiger charge is 2.76. The molecule has 200 valence electrons. The van der Waals surface area contributed by atoms with E-state index in [1.807, 2.05) is 6.92 Å². The molecule has 37 heavy (non-hydrogen) atoms. The Morgan fingerprint density at radius 1 is 1.27 bits per heavy atom. The van der Waals surface area contributed by atoms with E-state index in [-0.39, 0.29) is 41.0 Å². The number of rotatable bonds is 10. The number of carbonyl (C=O) groups excluding carboxylic acids is 3. The van der Waals surface area contributed by atoms with Gasteiger partial charge in [0.15, 0.2) is 0 Å². The third-order valence-corrected chi connectivity index (χ3v) is 11.3. The predicted octanol–water partition coefficient (Wildman–Crippen LogP) is 3.74. The Balaban J connectivity index is 1.83. The fourth-order valence-electron chi connectivity index (χ4n) is 6.19. The van der Waals surface area contributed by atoms with Crippen molar-refractivity contribution in [2.75, 3.05) is 31.6 Å². The second-order valence-electron chi connectivity index (χ2n) is 9.88. The van der Waals surface area contributed by atoms with Crippen LogP contribution in [0.2, 0.25) is 5.02 Å². The molecule has 3 saturated heterocycles.